The van der Waals surface area contributed by atoms with Crippen LogP contribution in [-0.2, 0) is 0 Å². The van der Waals surface area contributed by atoms with Gasteiger partial charge in [-0.1, -0.05) is 51.3 Å². The van der Waals surface area contributed by atoms with E-state index in [1.54, 1.807) is 0 Å². The molecule has 0 aliphatic carbocycles. The average molecular weight is 389 g/mol. The molecule has 2 aromatic rings. The van der Waals surface area contributed by atoms with E-state index >= 15 is 0 Å². The summed E-state index contributed by atoms with van der Waals surface area (Å²) in [6.45, 7) is 4.69. The monoisotopic (exact) mass is 387 g/mol. The van der Waals surface area contributed by atoms with Crippen molar-refractivity contribution in [2.75, 3.05) is 11.9 Å². The standard InChI is InChI=1S/C16H16BrCl2NO/c1-3-21-13-6-4-11(5-7-13)10(2)20-16-14(18)8-12(17)9-15(16)19/h4-10,20H,3H2,1-2H3. The highest BCUT2D eigenvalue weighted by molar-refractivity contribution is 9.10. The molecular formula is C16H16BrCl2NO. The van der Waals surface area contributed by atoms with Crippen molar-refractivity contribution in [2.45, 2.75) is 19.9 Å². The molecule has 1 unspecified atom stereocenters. The molecule has 0 aromatic heterocycles. The Hall–Kier alpha value is -0.900. The third-order valence-corrected chi connectivity index (χ3v) is 4.11. The van der Waals surface area contributed by atoms with Crippen molar-refractivity contribution in [3.8, 4) is 5.75 Å². The third-order valence-electron chi connectivity index (χ3n) is 3.06. The Morgan fingerprint density at radius 2 is 1.71 bits per heavy atom. The normalized spacial score (nSPS) is 12.0. The summed E-state index contributed by atoms with van der Waals surface area (Å²) in [6, 6.07) is 11.7. The average Bonchev–Trinajstić information content (AvgIpc) is 2.43. The number of hydrogen-bond donors (Lipinski definition) is 1. The SMILES string of the molecule is CCOc1ccc(C(C)Nc2c(Cl)cc(Br)cc2Cl)cc1. The van der Waals surface area contributed by atoms with Gasteiger partial charge in [0.25, 0.3) is 0 Å². The number of benzene rings is 2. The lowest BCUT2D eigenvalue weighted by Gasteiger charge is -2.18. The lowest BCUT2D eigenvalue weighted by atomic mass is 10.1. The van der Waals surface area contributed by atoms with Crippen molar-refractivity contribution in [3.63, 3.8) is 0 Å². The molecule has 2 rings (SSSR count). The summed E-state index contributed by atoms with van der Waals surface area (Å²) in [5, 5.41) is 4.53. The highest BCUT2D eigenvalue weighted by atomic mass is 79.9. The number of hydrogen-bond acceptors (Lipinski definition) is 2. The van der Waals surface area contributed by atoms with E-state index in [9.17, 15) is 0 Å². The molecule has 0 fully saturated rings. The first-order valence-electron chi connectivity index (χ1n) is 6.65. The maximum absolute atomic E-state index is 6.24. The molecule has 0 aliphatic heterocycles. The van der Waals surface area contributed by atoms with Gasteiger partial charge in [-0.05, 0) is 43.7 Å². The van der Waals surface area contributed by atoms with Gasteiger partial charge in [0.2, 0.25) is 0 Å². The molecule has 1 N–H and O–H groups in total. The van der Waals surface area contributed by atoms with Gasteiger partial charge in [0.15, 0.2) is 0 Å². The number of anilines is 1. The quantitative estimate of drug-likeness (QED) is 0.646. The van der Waals surface area contributed by atoms with Crippen molar-refractivity contribution in [1.29, 1.82) is 0 Å². The Balaban J connectivity index is 2.16. The molecule has 0 saturated heterocycles. The Kier molecular flexibility index (Phi) is 5.80. The zero-order valence-corrected chi connectivity index (χ0v) is 14.9. The second-order valence-corrected chi connectivity index (χ2v) is 6.34. The molecule has 2 nitrogen and oxygen atoms in total. The predicted molar refractivity (Wildman–Crippen MR) is 93.8 cm³/mol. The van der Waals surface area contributed by atoms with Gasteiger partial charge >= 0.3 is 0 Å². The second-order valence-electron chi connectivity index (χ2n) is 4.61. The zero-order chi connectivity index (χ0) is 15.4. The Bertz CT molecular complexity index is 593. The fraction of sp³-hybridized carbons (Fsp3) is 0.250. The molecule has 0 spiro atoms. The van der Waals surface area contributed by atoms with E-state index in [1.165, 1.54) is 0 Å². The van der Waals surface area contributed by atoms with E-state index in [1.807, 2.05) is 43.3 Å². The molecule has 0 amide bonds. The fourth-order valence-corrected chi connectivity index (χ4v) is 3.32. The van der Waals surface area contributed by atoms with Crippen LogP contribution >= 0.6 is 39.1 Å². The van der Waals surface area contributed by atoms with Crippen molar-refractivity contribution in [1.82, 2.24) is 0 Å². The summed E-state index contributed by atoms with van der Waals surface area (Å²) in [4.78, 5) is 0. The largest absolute Gasteiger partial charge is 0.494 e. The maximum atomic E-state index is 6.24. The third kappa shape index (κ3) is 4.29. The molecule has 1 atom stereocenters. The van der Waals surface area contributed by atoms with Crippen molar-refractivity contribution in [2.24, 2.45) is 0 Å². The van der Waals surface area contributed by atoms with Gasteiger partial charge in [0, 0.05) is 10.5 Å². The molecule has 5 heteroatoms. The lowest BCUT2D eigenvalue weighted by Crippen LogP contribution is -2.07. The minimum absolute atomic E-state index is 0.0804. The van der Waals surface area contributed by atoms with E-state index in [2.05, 4.69) is 28.2 Å². The van der Waals surface area contributed by atoms with Crippen molar-refractivity contribution >= 4 is 44.8 Å². The minimum atomic E-state index is 0.0804. The second kappa shape index (κ2) is 7.39. The highest BCUT2D eigenvalue weighted by Gasteiger charge is 2.12. The van der Waals surface area contributed by atoms with Gasteiger partial charge in [-0.2, -0.15) is 0 Å². The van der Waals surface area contributed by atoms with Gasteiger partial charge in [-0.3, -0.25) is 0 Å². The van der Waals surface area contributed by atoms with Crippen LogP contribution in [0.5, 0.6) is 5.75 Å². The zero-order valence-electron chi connectivity index (χ0n) is 11.8. The smallest absolute Gasteiger partial charge is 0.119 e. The van der Waals surface area contributed by atoms with Gasteiger partial charge < -0.3 is 10.1 Å². The molecule has 0 bridgehead atoms. The first-order chi connectivity index (χ1) is 10.0. The maximum Gasteiger partial charge on any atom is 0.119 e. The number of halogens is 3. The fourth-order valence-electron chi connectivity index (χ4n) is 2.00. The Morgan fingerprint density at radius 3 is 2.24 bits per heavy atom. The van der Waals surface area contributed by atoms with Gasteiger partial charge in [0.05, 0.1) is 22.3 Å². The van der Waals surface area contributed by atoms with Crippen LogP contribution in [0.2, 0.25) is 10.0 Å². The van der Waals surface area contributed by atoms with Gasteiger partial charge in [-0.25, -0.2) is 0 Å². The first-order valence-corrected chi connectivity index (χ1v) is 8.20. The van der Waals surface area contributed by atoms with Crippen LogP contribution in [0.4, 0.5) is 5.69 Å². The molecule has 21 heavy (non-hydrogen) atoms. The lowest BCUT2D eigenvalue weighted by molar-refractivity contribution is 0.340. The molecule has 0 heterocycles. The molecule has 0 aliphatic rings. The van der Waals surface area contributed by atoms with Crippen LogP contribution < -0.4 is 10.1 Å². The summed E-state index contributed by atoms with van der Waals surface area (Å²) in [5.41, 5.74) is 1.87. The summed E-state index contributed by atoms with van der Waals surface area (Å²) >= 11 is 15.8. The molecule has 0 saturated carbocycles. The van der Waals surface area contributed by atoms with Crippen LogP contribution in [0.25, 0.3) is 0 Å². The number of ether oxygens (including phenoxy) is 1. The highest BCUT2D eigenvalue weighted by Crippen LogP contribution is 2.36. The summed E-state index contributed by atoms with van der Waals surface area (Å²) < 4.78 is 6.30. The summed E-state index contributed by atoms with van der Waals surface area (Å²) in [5.74, 6) is 0.869. The van der Waals surface area contributed by atoms with Gasteiger partial charge in [0.1, 0.15) is 5.75 Å². The molecule has 112 valence electrons. The van der Waals surface area contributed by atoms with E-state index in [0.717, 1.165) is 21.5 Å². The Morgan fingerprint density at radius 1 is 1.14 bits per heavy atom. The molecular weight excluding hydrogens is 373 g/mol. The first kappa shape index (κ1) is 16.5. The van der Waals surface area contributed by atoms with Crippen LogP contribution in [0.15, 0.2) is 40.9 Å². The Labute approximate surface area is 143 Å². The van der Waals surface area contributed by atoms with Crippen molar-refractivity contribution < 1.29 is 4.74 Å². The summed E-state index contributed by atoms with van der Waals surface area (Å²) in [7, 11) is 0. The van der Waals surface area contributed by atoms with Crippen LogP contribution in [0, 0.1) is 0 Å². The number of rotatable bonds is 5. The van der Waals surface area contributed by atoms with E-state index in [0.29, 0.717) is 16.7 Å². The van der Waals surface area contributed by atoms with E-state index in [-0.39, 0.29) is 6.04 Å². The van der Waals surface area contributed by atoms with Crippen LogP contribution in [0.3, 0.4) is 0 Å². The number of nitrogens with one attached hydrogen (secondary N) is 1. The van der Waals surface area contributed by atoms with E-state index < -0.39 is 0 Å². The van der Waals surface area contributed by atoms with Crippen molar-refractivity contribution in [3.05, 3.63) is 56.5 Å². The van der Waals surface area contributed by atoms with Gasteiger partial charge in [-0.15, -0.1) is 0 Å². The minimum Gasteiger partial charge on any atom is -0.494 e. The molecule has 2 aromatic carbocycles. The summed E-state index contributed by atoms with van der Waals surface area (Å²) in [6.07, 6.45) is 0. The van der Waals surface area contributed by atoms with Crippen LogP contribution in [-0.4, -0.2) is 6.61 Å². The van der Waals surface area contributed by atoms with Crippen LogP contribution in [0.1, 0.15) is 25.5 Å². The van der Waals surface area contributed by atoms with E-state index in [4.69, 9.17) is 27.9 Å². The topological polar surface area (TPSA) is 21.3 Å². The predicted octanol–water partition coefficient (Wildman–Crippen LogP) is 6.33. The molecule has 0 radical (unpaired) electrons.